The van der Waals surface area contributed by atoms with Crippen molar-refractivity contribution in [1.29, 1.82) is 5.26 Å². The van der Waals surface area contributed by atoms with E-state index in [4.69, 9.17) is 5.26 Å². The van der Waals surface area contributed by atoms with Crippen LogP contribution < -0.4 is 10.9 Å². The minimum absolute atomic E-state index is 0.176. The standard InChI is InChI=1S/C9H12N4OS/c1-2-11-7(5-10)6-15-9-12-4-3-8(14)13-9/h3-4,7,11H,2,6H2,1H3,(H,12,13,14). The van der Waals surface area contributed by atoms with E-state index in [0.717, 1.165) is 6.54 Å². The summed E-state index contributed by atoms with van der Waals surface area (Å²) in [7, 11) is 0. The number of aromatic amines is 1. The van der Waals surface area contributed by atoms with Gasteiger partial charge in [0.05, 0.1) is 6.07 Å². The molecule has 1 atom stereocenters. The van der Waals surface area contributed by atoms with Gasteiger partial charge in [0.1, 0.15) is 6.04 Å². The quantitative estimate of drug-likeness (QED) is 0.557. The molecular weight excluding hydrogens is 212 g/mol. The zero-order valence-electron chi connectivity index (χ0n) is 8.36. The number of nitrogens with one attached hydrogen (secondary N) is 2. The Kier molecular flexibility index (Phi) is 4.87. The van der Waals surface area contributed by atoms with Crippen molar-refractivity contribution in [3.63, 3.8) is 0 Å². The summed E-state index contributed by atoms with van der Waals surface area (Å²) in [6.07, 6.45) is 1.45. The second kappa shape index (κ2) is 6.22. The van der Waals surface area contributed by atoms with Crippen LogP contribution in [0.5, 0.6) is 0 Å². The van der Waals surface area contributed by atoms with Gasteiger partial charge in [0.25, 0.3) is 5.56 Å². The molecule has 0 fully saturated rings. The number of hydrogen-bond acceptors (Lipinski definition) is 5. The van der Waals surface area contributed by atoms with E-state index in [-0.39, 0.29) is 11.6 Å². The fourth-order valence-corrected chi connectivity index (χ4v) is 1.80. The lowest BCUT2D eigenvalue weighted by Gasteiger charge is -2.07. The highest BCUT2D eigenvalue weighted by Gasteiger charge is 2.06. The molecule has 1 aromatic heterocycles. The minimum atomic E-state index is -0.217. The Bertz CT molecular complexity index is 398. The average Bonchev–Trinajstić information content (AvgIpc) is 2.24. The van der Waals surface area contributed by atoms with E-state index in [1.54, 1.807) is 0 Å². The lowest BCUT2D eigenvalue weighted by atomic mass is 10.4. The van der Waals surface area contributed by atoms with E-state index in [9.17, 15) is 4.79 Å². The first kappa shape index (κ1) is 11.8. The van der Waals surface area contributed by atoms with Crippen molar-refractivity contribution in [3.05, 3.63) is 22.6 Å². The van der Waals surface area contributed by atoms with Crippen molar-refractivity contribution < 1.29 is 0 Å². The molecule has 1 heterocycles. The lowest BCUT2D eigenvalue weighted by Crippen LogP contribution is -2.29. The first-order valence-electron chi connectivity index (χ1n) is 4.57. The van der Waals surface area contributed by atoms with Crippen LogP contribution in [0.2, 0.25) is 0 Å². The predicted molar refractivity (Wildman–Crippen MR) is 58.7 cm³/mol. The van der Waals surface area contributed by atoms with Crippen molar-refractivity contribution >= 4 is 11.8 Å². The van der Waals surface area contributed by atoms with Crippen molar-refractivity contribution in [1.82, 2.24) is 15.3 Å². The van der Waals surface area contributed by atoms with Gasteiger partial charge in [-0.3, -0.25) is 4.79 Å². The van der Waals surface area contributed by atoms with Crippen LogP contribution in [0, 0.1) is 11.3 Å². The third kappa shape index (κ3) is 4.14. The zero-order valence-corrected chi connectivity index (χ0v) is 9.17. The summed E-state index contributed by atoms with van der Waals surface area (Å²) in [5.41, 5.74) is -0.176. The first-order valence-corrected chi connectivity index (χ1v) is 5.56. The van der Waals surface area contributed by atoms with Gasteiger partial charge in [-0.2, -0.15) is 5.26 Å². The van der Waals surface area contributed by atoms with E-state index >= 15 is 0 Å². The fraction of sp³-hybridized carbons (Fsp3) is 0.444. The maximum atomic E-state index is 10.9. The molecule has 0 aliphatic carbocycles. The summed E-state index contributed by atoms with van der Waals surface area (Å²) in [4.78, 5) is 17.5. The van der Waals surface area contributed by atoms with E-state index in [1.807, 2.05) is 6.92 Å². The molecule has 0 radical (unpaired) electrons. The topological polar surface area (TPSA) is 81.6 Å². The number of hydrogen-bond donors (Lipinski definition) is 2. The van der Waals surface area contributed by atoms with Gasteiger partial charge in [0, 0.05) is 18.0 Å². The molecule has 0 aliphatic heterocycles. The third-order valence-corrected chi connectivity index (χ3v) is 2.62. The number of aromatic nitrogens is 2. The molecule has 1 aromatic rings. The number of nitrogens with zero attached hydrogens (tertiary/aromatic N) is 2. The van der Waals surface area contributed by atoms with Crippen molar-refractivity contribution in [2.45, 2.75) is 18.1 Å². The number of nitriles is 1. The highest BCUT2D eigenvalue weighted by Crippen LogP contribution is 2.10. The molecule has 0 aliphatic rings. The lowest BCUT2D eigenvalue weighted by molar-refractivity contribution is 0.676. The Labute approximate surface area is 91.9 Å². The molecule has 6 heteroatoms. The molecule has 0 amide bonds. The smallest absolute Gasteiger partial charge is 0.251 e. The molecule has 2 N–H and O–H groups in total. The van der Waals surface area contributed by atoms with Gasteiger partial charge in [-0.25, -0.2) is 4.98 Å². The molecule has 1 rings (SSSR count). The summed E-state index contributed by atoms with van der Waals surface area (Å²) < 4.78 is 0. The molecule has 15 heavy (non-hydrogen) atoms. The maximum Gasteiger partial charge on any atom is 0.251 e. The monoisotopic (exact) mass is 224 g/mol. The molecule has 0 saturated heterocycles. The Balaban J connectivity index is 2.49. The normalized spacial score (nSPS) is 12.0. The molecule has 0 aromatic carbocycles. The second-order valence-corrected chi connectivity index (χ2v) is 3.80. The predicted octanol–water partition coefficient (Wildman–Crippen LogP) is 0.364. The summed E-state index contributed by atoms with van der Waals surface area (Å²) in [5.74, 6) is 0.567. The molecule has 5 nitrogen and oxygen atoms in total. The average molecular weight is 224 g/mol. The van der Waals surface area contributed by atoms with E-state index in [0.29, 0.717) is 10.9 Å². The van der Waals surface area contributed by atoms with Crippen LogP contribution in [0.25, 0.3) is 0 Å². The Hall–Kier alpha value is -1.32. The van der Waals surface area contributed by atoms with Crippen molar-refractivity contribution in [2.24, 2.45) is 0 Å². The Morgan fingerprint density at radius 3 is 3.20 bits per heavy atom. The number of thioether (sulfide) groups is 1. The van der Waals surface area contributed by atoms with Crippen LogP contribution in [0.1, 0.15) is 6.92 Å². The van der Waals surface area contributed by atoms with Crippen molar-refractivity contribution in [2.75, 3.05) is 12.3 Å². The highest BCUT2D eigenvalue weighted by atomic mass is 32.2. The second-order valence-electron chi connectivity index (χ2n) is 2.79. The summed E-state index contributed by atoms with van der Waals surface area (Å²) >= 11 is 1.36. The van der Waals surface area contributed by atoms with Gasteiger partial charge >= 0.3 is 0 Å². The summed E-state index contributed by atoms with van der Waals surface area (Å²) in [5, 5.41) is 12.3. The molecule has 0 spiro atoms. The third-order valence-electron chi connectivity index (χ3n) is 1.64. The van der Waals surface area contributed by atoms with E-state index < -0.39 is 0 Å². The van der Waals surface area contributed by atoms with Gasteiger partial charge in [-0.1, -0.05) is 18.7 Å². The van der Waals surface area contributed by atoms with Gasteiger partial charge in [-0.05, 0) is 6.54 Å². The zero-order chi connectivity index (χ0) is 11.1. The first-order chi connectivity index (χ1) is 7.26. The van der Waals surface area contributed by atoms with Gasteiger partial charge in [0.2, 0.25) is 0 Å². The largest absolute Gasteiger partial charge is 0.302 e. The number of rotatable bonds is 5. The van der Waals surface area contributed by atoms with E-state index in [2.05, 4.69) is 21.4 Å². The highest BCUT2D eigenvalue weighted by molar-refractivity contribution is 7.99. The van der Waals surface area contributed by atoms with E-state index in [1.165, 1.54) is 24.0 Å². The Morgan fingerprint density at radius 2 is 2.60 bits per heavy atom. The number of H-pyrrole nitrogens is 1. The van der Waals surface area contributed by atoms with Crippen LogP contribution in [-0.4, -0.2) is 28.3 Å². The van der Waals surface area contributed by atoms with Crippen molar-refractivity contribution in [3.8, 4) is 6.07 Å². The molecule has 1 unspecified atom stereocenters. The van der Waals surface area contributed by atoms with Crippen LogP contribution in [0.4, 0.5) is 0 Å². The molecule has 0 bridgehead atoms. The SMILES string of the molecule is CCNC(C#N)CSc1nccc(=O)[nH]1. The maximum absolute atomic E-state index is 10.9. The summed E-state index contributed by atoms with van der Waals surface area (Å²) in [6.45, 7) is 2.69. The van der Waals surface area contributed by atoms with Crippen LogP contribution >= 0.6 is 11.8 Å². The van der Waals surface area contributed by atoms with Crippen LogP contribution in [0.15, 0.2) is 22.2 Å². The fourth-order valence-electron chi connectivity index (χ4n) is 0.976. The van der Waals surface area contributed by atoms with Gasteiger partial charge in [-0.15, -0.1) is 0 Å². The van der Waals surface area contributed by atoms with Gasteiger partial charge < -0.3 is 10.3 Å². The van der Waals surface area contributed by atoms with Crippen LogP contribution in [0.3, 0.4) is 0 Å². The molecular formula is C9H12N4OS. The molecule has 0 saturated carbocycles. The molecule has 80 valence electrons. The van der Waals surface area contributed by atoms with Crippen LogP contribution in [-0.2, 0) is 0 Å². The minimum Gasteiger partial charge on any atom is -0.302 e. The Morgan fingerprint density at radius 1 is 1.80 bits per heavy atom. The summed E-state index contributed by atoms with van der Waals surface area (Å²) in [6, 6.07) is 3.28. The van der Waals surface area contributed by atoms with Gasteiger partial charge in [0.15, 0.2) is 5.16 Å².